The van der Waals surface area contributed by atoms with Crippen LogP contribution in [-0.4, -0.2) is 18.0 Å². The number of aromatic nitrogens is 1. The van der Waals surface area contributed by atoms with E-state index in [2.05, 4.69) is 43.2 Å². The lowest BCUT2D eigenvalue weighted by molar-refractivity contribution is 0.0945. The van der Waals surface area contributed by atoms with Crippen molar-refractivity contribution in [2.45, 2.75) is 32.7 Å². The van der Waals surface area contributed by atoms with E-state index in [4.69, 9.17) is 4.74 Å². The van der Waals surface area contributed by atoms with Gasteiger partial charge < -0.3 is 10.1 Å². The van der Waals surface area contributed by atoms with Gasteiger partial charge in [0.25, 0.3) is 5.91 Å². The number of carbonyl (C=O) groups is 1. The van der Waals surface area contributed by atoms with E-state index in [-0.39, 0.29) is 11.3 Å². The molecule has 0 unspecified atom stereocenters. The molecule has 2 aromatic rings. The number of nitrogens with zero attached hydrogens (tertiary/aromatic N) is 1. The Hall–Kier alpha value is -2.36. The van der Waals surface area contributed by atoms with Crippen LogP contribution in [0.15, 0.2) is 42.6 Å². The number of amides is 1. The Morgan fingerprint density at radius 2 is 2.00 bits per heavy atom. The van der Waals surface area contributed by atoms with Crippen LogP contribution in [0.2, 0.25) is 0 Å². The topological polar surface area (TPSA) is 51.2 Å². The molecule has 0 aliphatic carbocycles. The Labute approximate surface area is 131 Å². The summed E-state index contributed by atoms with van der Waals surface area (Å²) in [6, 6.07) is 11.4. The molecule has 1 aromatic heterocycles. The molecule has 1 heterocycles. The van der Waals surface area contributed by atoms with E-state index in [9.17, 15) is 4.79 Å². The number of hydrogen-bond acceptors (Lipinski definition) is 3. The van der Waals surface area contributed by atoms with E-state index in [0.29, 0.717) is 12.2 Å². The van der Waals surface area contributed by atoms with Crippen molar-refractivity contribution in [3.63, 3.8) is 0 Å². The van der Waals surface area contributed by atoms with Crippen molar-refractivity contribution in [2.24, 2.45) is 0 Å². The number of pyridine rings is 1. The van der Waals surface area contributed by atoms with Crippen molar-refractivity contribution in [3.05, 3.63) is 59.4 Å². The van der Waals surface area contributed by atoms with E-state index < -0.39 is 0 Å². The maximum Gasteiger partial charge on any atom is 0.270 e. The first-order valence-corrected chi connectivity index (χ1v) is 7.28. The van der Waals surface area contributed by atoms with Gasteiger partial charge in [-0.3, -0.25) is 9.78 Å². The average Bonchev–Trinajstić information content (AvgIpc) is 2.52. The first-order chi connectivity index (χ1) is 10.4. The van der Waals surface area contributed by atoms with Crippen LogP contribution in [0.1, 0.15) is 42.4 Å². The minimum absolute atomic E-state index is 0.0476. The summed E-state index contributed by atoms with van der Waals surface area (Å²) in [5.74, 6) is 0.582. The molecule has 4 nitrogen and oxygen atoms in total. The molecule has 1 amide bonds. The number of hydrogen-bond donors (Lipinski definition) is 1. The van der Waals surface area contributed by atoms with Crippen molar-refractivity contribution >= 4 is 5.91 Å². The van der Waals surface area contributed by atoms with Crippen LogP contribution < -0.4 is 10.1 Å². The van der Waals surface area contributed by atoms with Crippen LogP contribution in [0.25, 0.3) is 0 Å². The highest BCUT2D eigenvalue weighted by Crippen LogP contribution is 2.27. The molecule has 1 aromatic carbocycles. The second-order valence-corrected chi connectivity index (χ2v) is 6.17. The smallest absolute Gasteiger partial charge is 0.270 e. The van der Waals surface area contributed by atoms with Gasteiger partial charge in [-0.2, -0.15) is 0 Å². The normalized spacial score (nSPS) is 11.1. The number of methoxy groups -OCH3 is 1. The molecule has 22 heavy (non-hydrogen) atoms. The third-order valence-corrected chi connectivity index (χ3v) is 3.48. The van der Waals surface area contributed by atoms with Gasteiger partial charge in [-0.05, 0) is 35.2 Å². The molecule has 4 heteroatoms. The number of benzene rings is 1. The van der Waals surface area contributed by atoms with Gasteiger partial charge in [0.05, 0.1) is 7.11 Å². The van der Waals surface area contributed by atoms with E-state index in [1.165, 1.54) is 5.56 Å². The summed E-state index contributed by atoms with van der Waals surface area (Å²) in [4.78, 5) is 16.1. The largest absolute Gasteiger partial charge is 0.496 e. The molecule has 0 aliphatic rings. The molecule has 1 N–H and O–H groups in total. The molecule has 0 atom stereocenters. The second-order valence-electron chi connectivity index (χ2n) is 6.17. The van der Waals surface area contributed by atoms with Crippen molar-refractivity contribution in [1.29, 1.82) is 0 Å². The maximum atomic E-state index is 12.1. The van der Waals surface area contributed by atoms with Crippen molar-refractivity contribution in [3.8, 4) is 5.75 Å². The minimum Gasteiger partial charge on any atom is -0.496 e. The molecule has 0 bridgehead atoms. The highest BCUT2D eigenvalue weighted by atomic mass is 16.5. The lowest BCUT2D eigenvalue weighted by Gasteiger charge is -2.21. The van der Waals surface area contributed by atoms with Crippen LogP contribution in [0.3, 0.4) is 0 Å². The first kappa shape index (κ1) is 16.0. The van der Waals surface area contributed by atoms with Gasteiger partial charge in [-0.1, -0.05) is 32.9 Å². The maximum absolute atomic E-state index is 12.1. The quantitative estimate of drug-likeness (QED) is 0.942. The monoisotopic (exact) mass is 298 g/mol. The summed E-state index contributed by atoms with van der Waals surface area (Å²) in [6.07, 6.45) is 1.61. The molecular formula is C18H22N2O2. The fourth-order valence-electron chi connectivity index (χ4n) is 2.15. The predicted molar refractivity (Wildman–Crippen MR) is 87.1 cm³/mol. The van der Waals surface area contributed by atoms with Gasteiger partial charge >= 0.3 is 0 Å². The third-order valence-electron chi connectivity index (χ3n) is 3.48. The summed E-state index contributed by atoms with van der Waals surface area (Å²) in [6.45, 7) is 6.88. The molecule has 2 rings (SSSR count). The Bertz CT molecular complexity index is 646. The zero-order valence-electron chi connectivity index (χ0n) is 13.5. The van der Waals surface area contributed by atoms with Gasteiger partial charge in [0.15, 0.2) is 0 Å². The van der Waals surface area contributed by atoms with Crippen molar-refractivity contribution in [2.75, 3.05) is 7.11 Å². The molecule has 0 fully saturated rings. The zero-order chi connectivity index (χ0) is 16.2. The lowest BCUT2D eigenvalue weighted by Crippen LogP contribution is -2.24. The lowest BCUT2D eigenvalue weighted by atomic mass is 9.86. The van der Waals surface area contributed by atoms with E-state index >= 15 is 0 Å². The highest BCUT2D eigenvalue weighted by Gasteiger charge is 2.16. The van der Waals surface area contributed by atoms with Gasteiger partial charge in [0, 0.05) is 18.3 Å². The SMILES string of the molecule is COc1ccc(C(C)(C)C)cc1CNC(=O)c1ccccn1. The van der Waals surface area contributed by atoms with Gasteiger partial charge in [0.1, 0.15) is 11.4 Å². The summed E-state index contributed by atoms with van der Waals surface area (Å²) in [5.41, 5.74) is 2.62. The Kier molecular flexibility index (Phi) is 4.81. The Morgan fingerprint density at radius 3 is 2.59 bits per heavy atom. The molecular weight excluding hydrogens is 276 g/mol. The third kappa shape index (κ3) is 3.85. The van der Waals surface area contributed by atoms with Gasteiger partial charge in [0.2, 0.25) is 0 Å². The van der Waals surface area contributed by atoms with Crippen LogP contribution in [-0.2, 0) is 12.0 Å². The first-order valence-electron chi connectivity index (χ1n) is 7.28. The van der Waals surface area contributed by atoms with Crippen LogP contribution in [0.5, 0.6) is 5.75 Å². The van der Waals surface area contributed by atoms with Crippen molar-refractivity contribution in [1.82, 2.24) is 10.3 Å². The second kappa shape index (κ2) is 6.60. The fourth-order valence-corrected chi connectivity index (χ4v) is 2.15. The van der Waals surface area contributed by atoms with E-state index in [1.807, 2.05) is 6.07 Å². The molecule has 0 saturated carbocycles. The molecule has 0 radical (unpaired) electrons. The van der Waals surface area contributed by atoms with E-state index in [0.717, 1.165) is 11.3 Å². The number of ether oxygens (including phenoxy) is 1. The molecule has 0 aliphatic heterocycles. The van der Waals surface area contributed by atoms with Gasteiger partial charge in [-0.25, -0.2) is 0 Å². The number of rotatable bonds is 4. The number of carbonyl (C=O) groups excluding carboxylic acids is 1. The zero-order valence-corrected chi connectivity index (χ0v) is 13.5. The van der Waals surface area contributed by atoms with Crippen LogP contribution in [0.4, 0.5) is 0 Å². The predicted octanol–water partition coefficient (Wildman–Crippen LogP) is 3.32. The summed E-state index contributed by atoms with van der Waals surface area (Å²) in [5, 5.41) is 2.89. The van der Waals surface area contributed by atoms with Crippen LogP contribution >= 0.6 is 0 Å². The van der Waals surface area contributed by atoms with Gasteiger partial charge in [-0.15, -0.1) is 0 Å². The van der Waals surface area contributed by atoms with Crippen molar-refractivity contribution < 1.29 is 9.53 Å². The highest BCUT2D eigenvalue weighted by molar-refractivity contribution is 5.92. The minimum atomic E-state index is -0.191. The van der Waals surface area contributed by atoms with E-state index in [1.54, 1.807) is 31.5 Å². The van der Waals surface area contributed by atoms with Crippen LogP contribution in [0, 0.1) is 0 Å². The average molecular weight is 298 g/mol. The standard InChI is InChI=1S/C18H22N2O2/c1-18(2,3)14-8-9-16(22-4)13(11-14)12-20-17(21)15-7-5-6-10-19-15/h5-11H,12H2,1-4H3,(H,20,21). The fraction of sp³-hybridized carbons (Fsp3) is 0.333. The molecule has 116 valence electrons. The molecule has 0 spiro atoms. The number of nitrogens with one attached hydrogen (secondary N) is 1. The molecule has 0 saturated heterocycles. The Morgan fingerprint density at radius 1 is 1.23 bits per heavy atom. The summed E-state index contributed by atoms with van der Waals surface area (Å²) >= 11 is 0. The summed E-state index contributed by atoms with van der Waals surface area (Å²) in [7, 11) is 1.64. The Balaban J connectivity index is 2.16. The summed E-state index contributed by atoms with van der Waals surface area (Å²) < 4.78 is 5.38.